The van der Waals surface area contributed by atoms with Gasteiger partial charge in [-0.05, 0) is 25.2 Å². The van der Waals surface area contributed by atoms with Crippen molar-refractivity contribution in [2.45, 2.75) is 32.0 Å². The van der Waals surface area contributed by atoms with Crippen LogP contribution in [0.4, 0.5) is 0 Å². The Kier molecular flexibility index (Phi) is 2.90. The van der Waals surface area contributed by atoms with E-state index in [2.05, 4.69) is 12.2 Å². The maximum atomic E-state index is 8.64. The summed E-state index contributed by atoms with van der Waals surface area (Å²) >= 11 is 0. The van der Waals surface area contributed by atoms with Gasteiger partial charge in [-0.3, -0.25) is 0 Å². The molecular weight excluding hydrogens is 128 g/mol. The molecule has 1 aliphatic carbocycles. The van der Waals surface area contributed by atoms with Gasteiger partial charge in [-0.15, -0.1) is 0 Å². The third-order valence-electron chi connectivity index (χ3n) is 1.92. The lowest BCUT2D eigenvalue weighted by molar-refractivity contribution is -0.0565. The minimum atomic E-state index is -1.11. The average molecular weight is 142 g/mol. The summed E-state index contributed by atoms with van der Waals surface area (Å²) in [5.74, 6) is 0.491. The minimum Gasteiger partial charge on any atom is -0.368 e. The number of aliphatic hydroxyl groups excluding tert-OH is 1. The second kappa shape index (κ2) is 3.74. The number of aliphatic hydroxyl groups is 2. The van der Waals surface area contributed by atoms with Gasteiger partial charge >= 0.3 is 0 Å². The minimum absolute atomic E-state index is 0.491. The summed E-state index contributed by atoms with van der Waals surface area (Å²) in [6.45, 7) is 0. The fourth-order valence-corrected chi connectivity index (χ4v) is 1.37. The first-order chi connectivity index (χ1) is 4.79. The van der Waals surface area contributed by atoms with Crippen LogP contribution in [0.1, 0.15) is 25.7 Å². The van der Waals surface area contributed by atoms with E-state index in [9.17, 15) is 0 Å². The molecule has 2 N–H and O–H groups in total. The van der Waals surface area contributed by atoms with Crippen LogP contribution in [0.3, 0.4) is 0 Å². The molecule has 0 aromatic carbocycles. The Morgan fingerprint density at radius 3 is 2.70 bits per heavy atom. The maximum absolute atomic E-state index is 8.64. The molecule has 0 aliphatic heterocycles. The van der Waals surface area contributed by atoms with E-state index < -0.39 is 6.29 Å². The zero-order valence-corrected chi connectivity index (χ0v) is 6.03. The summed E-state index contributed by atoms with van der Waals surface area (Å²) in [7, 11) is 0. The van der Waals surface area contributed by atoms with Crippen LogP contribution in [-0.2, 0) is 0 Å². The van der Waals surface area contributed by atoms with Gasteiger partial charge in [0.05, 0.1) is 0 Å². The van der Waals surface area contributed by atoms with E-state index in [0.717, 1.165) is 19.3 Å². The Labute approximate surface area is 61.2 Å². The number of hydrogen-bond acceptors (Lipinski definition) is 2. The molecule has 1 unspecified atom stereocenters. The highest BCUT2D eigenvalue weighted by Crippen LogP contribution is 2.21. The van der Waals surface area contributed by atoms with Crippen molar-refractivity contribution in [3.8, 4) is 0 Å². The number of hydrogen-bond donors (Lipinski definition) is 2. The monoisotopic (exact) mass is 142 g/mol. The Morgan fingerprint density at radius 2 is 2.20 bits per heavy atom. The Balaban J connectivity index is 2.22. The van der Waals surface area contributed by atoms with Gasteiger partial charge in [0.1, 0.15) is 0 Å². The maximum Gasteiger partial charge on any atom is 0.151 e. The molecule has 2 heteroatoms. The van der Waals surface area contributed by atoms with Crippen molar-refractivity contribution in [3.05, 3.63) is 12.2 Å². The topological polar surface area (TPSA) is 40.5 Å². The SMILES string of the molecule is OC(O)CC1CC=CCC1. The van der Waals surface area contributed by atoms with Crippen LogP contribution in [0.25, 0.3) is 0 Å². The third kappa shape index (κ3) is 2.50. The quantitative estimate of drug-likeness (QED) is 0.447. The predicted molar refractivity (Wildman–Crippen MR) is 39.3 cm³/mol. The first kappa shape index (κ1) is 7.76. The Hall–Kier alpha value is -0.340. The molecule has 1 aliphatic rings. The molecule has 0 amide bonds. The molecule has 1 atom stereocenters. The Morgan fingerprint density at radius 1 is 1.40 bits per heavy atom. The van der Waals surface area contributed by atoms with E-state index in [1.165, 1.54) is 0 Å². The van der Waals surface area contributed by atoms with Crippen LogP contribution in [0.15, 0.2) is 12.2 Å². The molecule has 58 valence electrons. The molecular formula is C8H14O2. The molecule has 2 nitrogen and oxygen atoms in total. The highest BCUT2D eigenvalue weighted by Gasteiger charge is 2.12. The summed E-state index contributed by atoms with van der Waals surface area (Å²) in [4.78, 5) is 0. The van der Waals surface area contributed by atoms with Crippen LogP contribution in [0.2, 0.25) is 0 Å². The zero-order chi connectivity index (χ0) is 7.40. The van der Waals surface area contributed by atoms with Crippen LogP contribution >= 0.6 is 0 Å². The van der Waals surface area contributed by atoms with Crippen molar-refractivity contribution in [2.24, 2.45) is 5.92 Å². The van der Waals surface area contributed by atoms with Gasteiger partial charge in [-0.25, -0.2) is 0 Å². The van der Waals surface area contributed by atoms with E-state index >= 15 is 0 Å². The molecule has 0 saturated carbocycles. The van der Waals surface area contributed by atoms with Gasteiger partial charge in [-0.2, -0.15) is 0 Å². The summed E-state index contributed by atoms with van der Waals surface area (Å²) in [6.07, 6.45) is 6.90. The third-order valence-corrected chi connectivity index (χ3v) is 1.92. The van der Waals surface area contributed by atoms with E-state index in [1.807, 2.05) is 0 Å². The van der Waals surface area contributed by atoms with Gasteiger partial charge in [0.15, 0.2) is 6.29 Å². The fraction of sp³-hybridized carbons (Fsp3) is 0.750. The fourth-order valence-electron chi connectivity index (χ4n) is 1.37. The molecule has 1 rings (SSSR count). The van der Waals surface area contributed by atoms with Gasteiger partial charge in [0, 0.05) is 6.42 Å². The van der Waals surface area contributed by atoms with Gasteiger partial charge < -0.3 is 10.2 Å². The van der Waals surface area contributed by atoms with E-state index in [1.54, 1.807) is 0 Å². The van der Waals surface area contributed by atoms with Crippen molar-refractivity contribution in [1.82, 2.24) is 0 Å². The van der Waals surface area contributed by atoms with Gasteiger partial charge in [0.25, 0.3) is 0 Å². The zero-order valence-electron chi connectivity index (χ0n) is 6.03. The lowest BCUT2D eigenvalue weighted by Gasteiger charge is -2.17. The van der Waals surface area contributed by atoms with Gasteiger partial charge in [-0.1, -0.05) is 12.2 Å². The summed E-state index contributed by atoms with van der Waals surface area (Å²) in [6, 6.07) is 0. The summed E-state index contributed by atoms with van der Waals surface area (Å²) in [5, 5.41) is 17.3. The van der Waals surface area contributed by atoms with Crippen LogP contribution in [-0.4, -0.2) is 16.5 Å². The van der Waals surface area contributed by atoms with Crippen molar-refractivity contribution in [3.63, 3.8) is 0 Å². The Bertz CT molecular complexity index is 118. The van der Waals surface area contributed by atoms with Crippen molar-refractivity contribution < 1.29 is 10.2 Å². The van der Waals surface area contributed by atoms with E-state index in [0.29, 0.717) is 12.3 Å². The van der Waals surface area contributed by atoms with Gasteiger partial charge in [0.2, 0.25) is 0 Å². The molecule has 0 aromatic rings. The second-order valence-corrected chi connectivity index (χ2v) is 2.87. The van der Waals surface area contributed by atoms with E-state index in [-0.39, 0.29) is 0 Å². The first-order valence-corrected chi connectivity index (χ1v) is 3.80. The second-order valence-electron chi connectivity index (χ2n) is 2.87. The molecule has 0 radical (unpaired) electrons. The van der Waals surface area contributed by atoms with Crippen molar-refractivity contribution >= 4 is 0 Å². The highest BCUT2D eigenvalue weighted by molar-refractivity contribution is 4.89. The van der Waals surface area contributed by atoms with Crippen LogP contribution in [0, 0.1) is 5.92 Å². The average Bonchev–Trinajstić information content (AvgIpc) is 1.88. The molecule has 0 aromatic heterocycles. The lowest BCUT2D eigenvalue weighted by atomic mass is 9.91. The molecule has 0 fully saturated rings. The molecule has 0 saturated heterocycles. The summed E-state index contributed by atoms with van der Waals surface area (Å²) < 4.78 is 0. The lowest BCUT2D eigenvalue weighted by Crippen LogP contribution is -2.13. The van der Waals surface area contributed by atoms with Crippen LogP contribution < -0.4 is 0 Å². The highest BCUT2D eigenvalue weighted by atomic mass is 16.5. The number of allylic oxidation sites excluding steroid dienone is 2. The van der Waals surface area contributed by atoms with Crippen molar-refractivity contribution in [1.29, 1.82) is 0 Å². The van der Waals surface area contributed by atoms with E-state index in [4.69, 9.17) is 10.2 Å². The van der Waals surface area contributed by atoms with Crippen LogP contribution in [0.5, 0.6) is 0 Å². The normalized spacial score (nSPS) is 25.7. The molecule has 0 spiro atoms. The molecule has 0 bridgehead atoms. The summed E-state index contributed by atoms with van der Waals surface area (Å²) in [5.41, 5.74) is 0. The van der Waals surface area contributed by atoms with Crippen molar-refractivity contribution in [2.75, 3.05) is 0 Å². The standard InChI is InChI=1S/C8H14O2/c9-8(10)6-7-4-2-1-3-5-7/h1-2,7-10H,3-6H2. The largest absolute Gasteiger partial charge is 0.368 e. The smallest absolute Gasteiger partial charge is 0.151 e. The molecule has 10 heavy (non-hydrogen) atoms. The predicted octanol–water partition coefficient (Wildman–Crippen LogP) is 1.04. The number of rotatable bonds is 2. The molecule has 0 heterocycles. The first-order valence-electron chi connectivity index (χ1n) is 3.80.